The molecular weight excluding hydrogens is 582 g/mol. The number of aromatic nitrogens is 6. The first-order valence-corrected chi connectivity index (χ1v) is 15.2. The number of morpholine rings is 1. The summed E-state index contributed by atoms with van der Waals surface area (Å²) in [5.41, 5.74) is 3.42. The van der Waals surface area contributed by atoms with E-state index in [1.807, 2.05) is 29.0 Å². The van der Waals surface area contributed by atoms with Crippen LogP contribution in [-0.4, -0.2) is 98.7 Å². The van der Waals surface area contributed by atoms with Crippen molar-refractivity contribution < 1.29 is 14.3 Å². The van der Waals surface area contributed by atoms with Gasteiger partial charge in [-0.3, -0.25) is 9.89 Å². The van der Waals surface area contributed by atoms with E-state index in [9.17, 15) is 4.79 Å². The van der Waals surface area contributed by atoms with E-state index in [1.54, 1.807) is 24.5 Å². The van der Waals surface area contributed by atoms with E-state index in [2.05, 4.69) is 55.4 Å². The van der Waals surface area contributed by atoms with Crippen LogP contribution < -0.4 is 15.0 Å². The van der Waals surface area contributed by atoms with Crippen LogP contribution in [0.5, 0.6) is 5.75 Å². The van der Waals surface area contributed by atoms with Gasteiger partial charge in [-0.15, -0.1) is 5.10 Å². The Bertz CT molecular complexity index is 1800. The van der Waals surface area contributed by atoms with Gasteiger partial charge < -0.3 is 24.6 Å². The summed E-state index contributed by atoms with van der Waals surface area (Å²) in [4.78, 5) is 26.3. The van der Waals surface area contributed by atoms with Crippen molar-refractivity contribution in [2.45, 2.75) is 31.4 Å². The molecule has 12 nitrogen and oxygen atoms in total. The molecule has 0 spiro atoms. The van der Waals surface area contributed by atoms with Crippen molar-refractivity contribution in [3.05, 3.63) is 65.8 Å². The van der Waals surface area contributed by atoms with Gasteiger partial charge in [0.15, 0.2) is 5.65 Å². The fourth-order valence-electron chi connectivity index (χ4n) is 5.97. The number of pyridine rings is 3. The van der Waals surface area contributed by atoms with Gasteiger partial charge in [-0.05, 0) is 57.1 Å². The molecule has 2 aliphatic rings. The van der Waals surface area contributed by atoms with Crippen LogP contribution in [0.15, 0.2) is 55.1 Å². The minimum atomic E-state index is -0.365. The molecule has 7 heterocycles. The van der Waals surface area contributed by atoms with Crippen LogP contribution in [0, 0.1) is 0 Å². The van der Waals surface area contributed by atoms with Crippen molar-refractivity contribution in [3.63, 3.8) is 0 Å². The normalized spacial score (nSPS) is 19.0. The summed E-state index contributed by atoms with van der Waals surface area (Å²) in [7, 11) is 2.09. The molecule has 228 valence electrons. The Morgan fingerprint density at radius 2 is 2.07 bits per heavy atom. The lowest BCUT2D eigenvalue weighted by Crippen LogP contribution is -2.53. The Kier molecular flexibility index (Phi) is 7.57. The molecule has 2 N–H and O–H groups in total. The minimum Gasteiger partial charge on any atom is -0.489 e. The number of H-pyrrole nitrogens is 1. The summed E-state index contributed by atoms with van der Waals surface area (Å²) in [5.74, 6) is 1.34. The van der Waals surface area contributed by atoms with Gasteiger partial charge in [0.2, 0.25) is 0 Å². The molecule has 5 aromatic rings. The Morgan fingerprint density at radius 1 is 1.20 bits per heavy atom. The summed E-state index contributed by atoms with van der Waals surface area (Å²) >= 11 is 6.19. The molecule has 44 heavy (non-hydrogen) atoms. The molecule has 7 rings (SSSR count). The first kappa shape index (κ1) is 28.5. The lowest BCUT2D eigenvalue weighted by atomic mass is 9.89. The third kappa shape index (κ3) is 5.68. The van der Waals surface area contributed by atoms with Gasteiger partial charge in [-0.25, -0.2) is 14.5 Å². The van der Waals surface area contributed by atoms with Gasteiger partial charge in [-0.1, -0.05) is 11.6 Å². The second-order valence-corrected chi connectivity index (χ2v) is 12.2. The molecule has 1 unspecified atom stereocenters. The van der Waals surface area contributed by atoms with Crippen molar-refractivity contribution >= 4 is 39.9 Å². The number of ether oxygens (including phenoxy) is 2. The van der Waals surface area contributed by atoms with Crippen molar-refractivity contribution in [1.29, 1.82) is 0 Å². The van der Waals surface area contributed by atoms with Crippen molar-refractivity contribution in [2.75, 3.05) is 51.3 Å². The number of nitrogens with one attached hydrogen (secondary N) is 2. The maximum Gasteiger partial charge on any atom is 0.271 e. The van der Waals surface area contributed by atoms with Crippen LogP contribution in [0.1, 0.15) is 30.3 Å². The molecule has 5 aromatic heterocycles. The van der Waals surface area contributed by atoms with Crippen molar-refractivity contribution in [1.82, 2.24) is 40.0 Å². The molecule has 0 bridgehead atoms. The van der Waals surface area contributed by atoms with Gasteiger partial charge in [0, 0.05) is 55.2 Å². The van der Waals surface area contributed by atoms with E-state index in [0.717, 1.165) is 66.9 Å². The number of piperidine rings is 1. The number of anilines is 1. The second kappa shape index (κ2) is 11.7. The molecule has 1 amide bonds. The summed E-state index contributed by atoms with van der Waals surface area (Å²) in [5, 5.41) is 16.3. The number of amides is 1. The first-order valence-electron chi connectivity index (χ1n) is 14.8. The fourth-order valence-corrected chi connectivity index (χ4v) is 6.18. The van der Waals surface area contributed by atoms with Crippen molar-refractivity contribution in [2.24, 2.45) is 0 Å². The number of hydrogen-bond donors (Lipinski definition) is 2. The molecule has 2 aliphatic heterocycles. The van der Waals surface area contributed by atoms with Gasteiger partial charge in [0.25, 0.3) is 5.91 Å². The zero-order valence-corrected chi connectivity index (χ0v) is 25.4. The van der Waals surface area contributed by atoms with E-state index >= 15 is 0 Å². The van der Waals surface area contributed by atoms with Crippen LogP contribution in [0.3, 0.4) is 0 Å². The molecule has 0 radical (unpaired) electrons. The van der Waals surface area contributed by atoms with Crippen molar-refractivity contribution in [3.8, 4) is 16.9 Å². The largest absolute Gasteiger partial charge is 0.489 e. The summed E-state index contributed by atoms with van der Waals surface area (Å²) in [6.45, 7) is 6.49. The lowest BCUT2D eigenvalue weighted by molar-refractivity contribution is -0.0404. The smallest absolute Gasteiger partial charge is 0.271 e. The number of hydrogen-bond acceptors (Lipinski definition) is 9. The SMILES string of the molecule is CN1CCOC(COc2cc(-c3ccc(N4CCC(C)(NC(=O)c5ncccc5Cl)CC4)nc3)c3c4cn[nH]c4nn3c2)C1. The first-order chi connectivity index (χ1) is 21.3. The molecule has 13 heteroatoms. The van der Waals surface area contributed by atoms with E-state index in [4.69, 9.17) is 26.1 Å². The van der Waals surface area contributed by atoms with Crippen LogP contribution >= 0.6 is 11.6 Å². The van der Waals surface area contributed by atoms with Gasteiger partial charge in [-0.2, -0.15) is 5.10 Å². The monoisotopic (exact) mass is 615 g/mol. The molecule has 0 saturated carbocycles. The average Bonchev–Trinajstić information content (AvgIpc) is 3.62. The predicted molar refractivity (Wildman–Crippen MR) is 167 cm³/mol. The van der Waals surface area contributed by atoms with E-state index in [1.165, 1.54) is 0 Å². The summed E-state index contributed by atoms with van der Waals surface area (Å²) in [6, 6.07) is 9.55. The van der Waals surface area contributed by atoms with E-state index < -0.39 is 0 Å². The number of rotatable bonds is 7. The third-order valence-electron chi connectivity index (χ3n) is 8.52. The molecule has 2 fully saturated rings. The molecular formula is C31H34ClN9O3. The Hall–Kier alpha value is -4.26. The number of fused-ring (bicyclic) bond motifs is 3. The number of aromatic amines is 1. The number of carbonyl (C=O) groups is 1. The maximum atomic E-state index is 12.8. The topological polar surface area (TPSA) is 126 Å². The standard InChI is InChI=1S/C31H34ClN9O3/c1-31(36-30(42)27-25(32)4-3-9-33-27)7-10-40(11-8-31)26-6-5-20(15-34-26)23-14-21(44-19-22-17-39(2)12-13-43-22)18-41-28(23)24-16-35-37-29(24)38-41/h3-6,9,14-16,18,22H,7-8,10-13,17,19H2,1-2H3,(H,36,42)(H,37,38). The molecule has 0 aromatic carbocycles. The number of carbonyl (C=O) groups excluding carboxylic acids is 1. The maximum absolute atomic E-state index is 12.8. The predicted octanol–water partition coefficient (Wildman–Crippen LogP) is 3.82. The second-order valence-electron chi connectivity index (χ2n) is 11.8. The number of halogens is 1. The molecule has 0 aliphatic carbocycles. The highest BCUT2D eigenvalue weighted by Crippen LogP contribution is 2.34. The van der Waals surface area contributed by atoms with Crippen LogP contribution in [0.25, 0.3) is 27.7 Å². The number of likely N-dealkylation sites (N-methyl/N-ethyl adjacent to an activating group) is 1. The van der Waals surface area contributed by atoms with Gasteiger partial charge in [0.1, 0.15) is 30.0 Å². The Balaban J connectivity index is 1.08. The third-order valence-corrected chi connectivity index (χ3v) is 8.82. The molecule has 2 saturated heterocycles. The highest BCUT2D eigenvalue weighted by Gasteiger charge is 2.33. The van der Waals surface area contributed by atoms with E-state index in [-0.39, 0.29) is 23.2 Å². The fraction of sp³-hybridized carbons (Fsp3) is 0.387. The Morgan fingerprint density at radius 3 is 2.84 bits per heavy atom. The summed E-state index contributed by atoms with van der Waals surface area (Å²) < 4.78 is 14.0. The lowest BCUT2D eigenvalue weighted by Gasteiger charge is -2.40. The minimum absolute atomic E-state index is 0.0119. The zero-order chi connectivity index (χ0) is 30.3. The summed E-state index contributed by atoms with van der Waals surface area (Å²) in [6.07, 6.45) is 8.70. The van der Waals surface area contributed by atoms with E-state index in [0.29, 0.717) is 29.6 Å². The number of nitrogens with zero attached hydrogens (tertiary/aromatic N) is 7. The van der Waals surface area contributed by atoms with Crippen LogP contribution in [0.2, 0.25) is 5.02 Å². The molecule has 1 atom stereocenters. The van der Waals surface area contributed by atoms with Crippen LogP contribution in [0.4, 0.5) is 5.82 Å². The van der Waals surface area contributed by atoms with Gasteiger partial charge in [0.05, 0.1) is 34.9 Å². The average molecular weight is 616 g/mol. The highest BCUT2D eigenvalue weighted by atomic mass is 35.5. The van der Waals surface area contributed by atoms with Crippen LogP contribution in [-0.2, 0) is 4.74 Å². The van der Waals surface area contributed by atoms with Gasteiger partial charge >= 0.3 is 0 Å². The quantitative estimate of drug-likeness (QED) is 0.281. The Labute approximate surface area is 259 Å². The zero-order valence-electron chi connectivity index (χ0n) is 24.7. The highest BCUT2D eigenvalue weighted by molar-refractivity contribution is 6.33.